The van der Waals surface area contributed by atoms with Crippen molar-refractivity contribution >= 4 is 16.8 Å². The van der Waals surface area contributed by atoms with Crippen molar-refractivity contribution < 1.29 is 9.53 Å². The zero-order valence-electron chi connectivity index (χ0n) is 17.6. The lowest BCUT2D eigenvalue weighted by Crippen LogP contribution is -2.33. The van der Waals surface area contributed by atoms with Gasteiger partial charge in [-0.2, -0.15) is 0 Å². The summed E-state index contributed by atoms with van der Waals surface area (Å²) in [5, 5.41) is 1.13. The summed E-state index contributed by atoms with van der Waals surface area (Å²) in [4.78, 5) is 15.1. The molecule has 0 fully saturated rings. The second kappa shape index (κ2) is 9.57. The van der Waals surface area contributed by atoms with Crippen LogP contribution in [0.25, 0.3) is 10.9 Å². The number of carbonyl (C=O) groups excluding carboxylic acids is 1. The van der Waals surface area contributed by atoms with Crippen LogP contribution in [0, 0.1) is 13.8 Å². The first-order chi connectivity index (χ1) is 14.1. The Labute approximate surface area is 173 Å². The fourth-order valence-electron chi connectivity index (χ4n) is 3.78. The maximum absolute atomic E-state index is 13.2. The Morgan fingerprint density at radius 2 is 1.93 bits per heavy atom. The highest BCUT2D eigenvalue weighted by molar-refractivity contribution is 5.99. The summed E-state index contributed by atoms with van der Waals surface area (Å²) in [5.74, 6) is 0.0458. The van der Waals surface area contributed by atoms with Gasteiger partial charge in [0.25, 0.3) is 5.91 Å². The Morgan fingerprint density at radius 1 is 1.17 bits per heavy atom. The lowest BCUT2D eigenvalue weighted by Gasteiger charge is -2.21. The fourth-order valence-corrected chi connectivity index (χ4v) is 3.78. The Kier molecular flexibility index (Phi) is 6.89. The maximum atomic E-state index is 13.2. The van der Waals surface area contributed by atoms with Gasteiger partial charge in [-0.15, -0.1) is 6.58 Å². The van der Waals surface area contributed by atoms with E-state index in [2.05, 4.69) is 43.2 Å². The van der Waals surface area contributed by atoms with Crippen LogP contribution < -0.4 is 0 Å². The first-order valence-electron chi connectivity index (χ1n) is 10.1. The van der Waals surface area contributed by atoms with Gasteiger partial charge in [0.1, 0.15) is 0 Å². The van der Waals surface area contributed by atoms with Crippen molar-refractivity contribution in [2.24, 2.45) is 0 Å². The monoisotopic (exact) mass is 390 g/mol. The Hall–Kier alpha value is -2.85. The predicted molar refractivity (Wildman–Crippen MR) is 120 cm³/mol. The van der Waals surface area contributed by atoms with Crippen molar-refractivity contribution in [1.82, 2.24) is 9.47 Å². The molecule has 3 rings (SSSR count). The second-order valence-electron chi connectivity index (χ2n) is 7.36. The molecule has 1 aromatic heterocycles. The number of nitrogens with zero attached hydrogens (tertiary/aromatic N) is 2. The lowest BCUT2D eigenvalue weighted by molar-refractivity contribution is 0.0776. The summed E-state index contributed by atoms with van der Waals surface area (Å²) in [7, 11) is 1.72. The van der Waals surface area contributed by atoms with Crippen LogP contribution in [0.2, 0.25) is 0 Å². The molecule has 0 aliphatic carbocycles. The summed E-state index contributed by atoms with van der Waals surface area (Å²) < 4.78 is 7.51. The third-order valence-electron chi connectivity index (χ3n) is 5.55. The number of hydrogen-bond donors (Lipinski definition) is 0. The molecule has 0 aliphatic heterocycles. The number of aryl methyl sites for hydroxylation is 1. The second-order valence-corrected chi connectivity index (χ2v) is 7.36. The van der Waals surface area contributed by atoms with Gasteiger partial charge >= 0.3 is 0 Å². The normalized spacial score (nSPS) is 11.0. The van der Waals surface area contributed by atoms with Crippen molar-refractivity contribution in [2.45, 2.75) is 26.8 Å². The van der Waals surface area contributed by atoms with E-state index >= 15 is 0 Å². The Balaban J connectivity index is 1.85. The molecule has 2 aromatic carbocycles. The predicted octanol–water partition coefficient (Wildman–Crippen LogP) is 4.78. The van der Waals surface area contributed by atoms with Crippen LogP contribution in [-0.2, 0) is 17.7 Å². The van der Waals surface area contributed by atoms with Gasteiger partial charge in [-0.1, -0.05) is 36.4 Å². The minimum absolute atomic E-state index is 0.0458. The zero-order chi connectivity index (χ0) is 20.8. The van der Waals surface area contributed by atoms with E-state index < -0.39 is 0 Å². The first-order valence-corrected chi connectivity index (χ1v) is 10.1. The van der Waals surface area contributed by atoms with Crippen LogP contribution in [0.4, 0.5) is 0 Å². The number of methoxy groups -OCH3 is 1. The number of amides is 1. The van der Waals surface area contributed by atoms with Crippen molar-refractivity contribution in [3.8, 4) is 0 Å². The molecule has 0 N–H and O–H groups in total. The van der Waals surface area contributed by atoms with Crippen molar-refractivity contribution in [2.75, 3.05) is 26.8 Å². The minimum atomic E-state index is 0.0458. The standard InChI is InChI=1S/C25H30N2O2/c1-5-14-26(15-13-21-9-7-6-8-10-21)25(28)22-11-12-24-23(18-22)19(2)20(3)27(24)16-17-29-4/h5-12,18H,1,13-17H2,2-4H3. The smallest absolute Gasteiger partial charge is 0.254 e. The van der Waals surface area contributed by atoms with Crippen LogP contribution in [0.1, 0.15) is 27.2 Å². The zero-order valence-corrected chi connectivity index (χ0v) is 17.6. The number of rotatable bonds is 9. The van der Waals surface area contributed by atoms with Gasteiger partial charge < -0.3 is 14.2 Å². The van der Waals surface area contributed by atoms with Crippen molar-refractivity contribution in [3.63, 3.8) is 0 Å². The highest BCUT2D eigenvalue weighted by atomic mass is 16.5. The lowest BCUT2D eigenvalue weighted by atomic mass is 10.1. The van der Waals surface area contributed by atoms with E-state index in [1.54, 1.807) is 13.2 Å². The quantitative estimate of drug-likeness (QED) is 0.493. The average molecular weight is 391 g/mol. The molecule has 0 spiro atoms. The third kappa shape index (κ3) is 4.60. The molecule has 0 saturated heterocycles. The molecule has 0 bridgehead atoms. The summed E-state index contributed by atoms with van der Waals surface area (Å²) in [6, 6.07) is 16.3. The van der Waals surface area contributed by atoms with Crippen LogP contribution in [-0.4, -0.2) is 42.2 Å². The molecule has 29 heavy (non-hydrogen) atoms. The summed E-state index contributed by atoms with van der Waals surface area (Å²) in [6.45, 7) is 10.7. The molecule has 0 saturated carbocycles. The van der Waals surface area contributed by atoms with Gasteiger partial charge in [0.2, 0.25) is 0 Å². The van der Waals surface area contributed by atoms with Gasteiger partial charge in [-0.05, 0) is 49.6 Å². The number of fused-ring (bicyclic) bond motifs is 1. The van der Waals surface area contributed by atoms with Gasteiger partial charge in [-0.3, -0.25) is 4.79 Å². The molecule has 3 aromatic rings. The van der Waals surface area contributed by atoms with E-state index in [0.29, 0.717) is 19.7 Å². The molecular weight excluding hydrogens is 360 g/mol. The molecule has 1 amide bonds. The molecule has 4 heteroatoms. The number of hydrogen-bond acceptors (Lipinski definition) is 2. The van der Waals surface area contributed by atoms with Gasteiger partial charge in [-0.25, -0.2) is 0 Å². The van der Waals surface area contributed by atoms with Crippen LogP contribution in [0.3, 0.4) is 0 Å². The molecule has 0 atom stereocenters. The molecule has 4 nitrogen and oxygen atoms in total. The van der Waals surface area contributed by atoms with Crippen LogP contribution in [0.5, 0.6) is 0 Å². The largest absolute Gasteiger partial charge is 0.383 e. The summed E-state index contributed by atoms with van der Waals surface area (Å²) >= 11 is 0. The van der Waals surface area contributed by atoms with Gasteiger partial charge in [0.05, 0.1) is 6.61 Å². The molecular formula is C25H30N2O2. The third-order valence-corrected chi connectivity index (χ3v) is 5.55. The molecule has 0 radical (unpaired) electrons. The van der Waals surface area contributed by atoms with Crippen LogP contribution >= 0.6 is 0 Å². The Bertz CT molecular complexity index is 989. The number of benzene rings is 2. The molecule has 152 valence electrons. The minimum Gasteiger partial charge on any atom is -0.383 e. The highest BCUT2D eigenvalue weighted by Crippen LogP contribution is 2.27. The number of aromatic nitrogens is 1. The van der Waals surface area contributed by atoms with E-state index in [1.165, 1.54) is 16.8 Å². The summed E-state index contributed by atoms with van der Waals surface area (Å²) in [6.07, 6.45) is 2.62. The molecule has 0 aliphatic rings. The van der Waals surface area contributed by atoms with Crippen LogP contribution in [0.15, 0.2) is 61.2 Å². The maximum Gasteiger partial charge on any atom is 0.254 e. The van der Waals surface area contributed by atoms with E-state index in [4.69, 9.17) is 4.74 Å². The number of carbonyl (C=O) groups is 1. The van der Waals surface area contributed by atoms with Gasteiger partial charge in [0.15, 0.2) is 0 Å². The van der Waals surface area contributed by atoms with Crippen molar-refractivity contribution in [1.29, 1.82) is 0 Å². The Morgan fingerprint density at radius 3 is 2.62 bits per heavy atom. The molecule has 1 heterocycles. The average Bonchev–Trinajstić information content (AvgIpc) is 2.99. The SMILES string of the molecule is C=CCN(CCc1ccccc1)C(=O)c1ccc2c(c1)c(C)c(C)n2CCOC. The van der Waals surface area contributed by atoms with E-state index in [9.17, 15) is 4.79 Å². The highest BCUT2D eigenvalue weighted by Gasteiger charge is 2.18. The van der Waals surface area contributed by atoms with E-state index in [1.807, 2.05) is 35.2 Å². The fraction of sp³-hybridized carbons (Fsp3) is 0.320. The van der Waals surface area contributed by atoms with Gasteiger partial charge in [0, 0.05) is 48.9 Å². The first kappa shape index (κ1) is 20.9. The summed E-state index contributed by atoms with van der Waals surface area (Å²) in [5.41, 5.74) is 5.53. The van der Waals surface area contributed by atoms with E-state index in [0.717, 1.165) is 29.4 Å². The van der Waals surface area contributed by atoms with Crippen molar-refractivity contribution in [3.05, 3.63) is 83.6 Å². The topological polar surface area (TPSA) is 34.5 Å². The van der Waals surface area contributed by atoms with E-state index in [-0.39, 0.29) is 5.91 Å². The molecule has 0 unspecified atom stereocenters. The number of ether oxygens (including phenoxy) is 1.